The third-order valence-corrected chi connectivity index (χ3v) is 3.88. The van der Waals surface area contributed by atoms with Crippen LogP contribution in [0.5, 0.6) is 0 Å². The molecule has 25 heavy (non-hydrogen) atoms. The predicted molar refractivity (Wildman–Crippen MR) is 92.8 cm³/mol. The zero-order valence-electron chi connectivity index (χ0n) is 13.5. The van der Waals surface area contributed by atoms with E-state index in [4.69, 9.17) is 0 Å². The van der Waals surface area contributed by atoms with Crippen LogP contribution < -0.4 is 10.9 Å². The summed E-state index contributed by atoms with van der Waals surface area (Å²) in [6.45, 7) is 1.64. The topological polar surface area (TPSA) is 107 Å². The number of nitrogens with zero attached hydrogens (tertiary/aromatic N) is 3. The summed E-state index contributed by atoms with van der Waals surface area (Å²) in [5, 5.41) is 14.1. The Hall–Kier alpha value is -3.55. The van der Waals surface area contributed by atoms with Crippen molar-refractivity contribution in [3.63, 3.8) is 0 Å². The Labute approximate surface area is 141 Å². The fraction of sp³-hybridized carbons (Fsp3) is 0.118. The van der Waals surface area contributed by atoms with Crippen molar-refractivity contribution >= 4 is 28.3 Å². The number of fused-ring (bicyclic) bond motifs is 1. The molecule has 3 rings (SSSR count). The molecule has 1 N–H and O–H groups in total. The molecule has 0 aliphatic rings. The average molecular weight is 338 g/mol. The number of benzene rings is 1. The monoisotopic (exact) mass is 338 g/mol. The molecular weight excluding hydrogens is 324 g/mol. The minimum Gasteiger partial charge on any atom is -0.322 e. The van der Waals surface area contributed by atoms with E-state index in [1.165, 1.54) is 28.8 Å². The number of hydrogen-bond acceptors (Lipinski definition) is 5. The van der Waals surface area contributed by atoms with Gasteiger partial charge in [-0.05, 0) is 36.8 Å². The lowest BCUT2D eigenvalue weighted by Crippen LogP contribution is -2.28. The summed E-state index contributed by atoms with van der Waals surface area (Å²) in [5.74, 6) is -0.580. The van der Waals surface area contributed by atoms with Crippen LogP contribution in [0.2, 0.25) is 0 Å². The first-order valence-corrected chi connectivity index (χ1v) is 7.39. The van der Waals surface area contributed by atoms with Crippen LogP contribution in [-0.2, 0) is 7.05 Å². The fourth-order valence-corrected chi connectivity index (χ4v) is 2.55. The number of anilines is 1. The fourth-order valence-electron chi connectivity index (χ4n) is 2.55. The molecule has 0 spiro atoms. The van der Waals surface area contributed by atoms with E-state index < -0.39 is 16.4 Å². The van der Waals surface area contributed by atoms with Crippen molar-refractivity contribution in [2.24, 2.45) is 7.05 Å². The number of nitro groups is 1. The quantitative estimate of drug-likeness (QED) is 0.583. The summed E-state index contributed by atoms with van der Waals surface area (Å²) in [4.78, 5) is 39.3. The van der Waals surface area contributed by atoms with Crippen molar-refractivity contribution in [1.29, 1.82) is 0 Å². The summed E-state index contributed by atoms with van der Waals surface area (Å²) in [5.41, 5.74) is 0.855. The molecular formula is C17H14N4O4. The lowest BCUT2D eigenvalue weighted by atomic mass is 10.1. The molecule has 0 saturated carbocycles. The highest BCUT2D eigenvalue weighted by Crippen LogP contribution is 2.21. The van der Waals surface area contributed by atoms with Gasteiger partial charge in [0.05, 0.1) is 4.92 Å². The molecule has 0 radical (unpaired) electrons. The van der Waals surface area contributed by atoms with Gasteiger partial charge in [0.2, 0.25) is 0 Å². The molecule has 3 aromatic rings. The van der Waals surface area contributed by atoms with Crippen LogP contribution in [0.3, 0.4) is 0 Å². The normalized spacial score (nSPS) is 10.6. The van der Waals surface area contributed by atoms with Gasteiger partial charge in [-0.3, -0.25) is 24.3 Å². The van der Waals surface area contributed by atoms with Gasteiger partial charge >= 0.3 is 0 Å². The highest BCUT2D eigenvalue weighted by Gasteiger charge is 2.16. The van der Waals surface area contributed by atoms with Crippen LogP contribution >= 0.6 is 0 Å². The Kier molecular flexibility index (Phi) is 4.02. The molecule has 2 heterocycles. The molecule has 2 aromatic heterocycles. The number of nitro benzene ring substituents is 1. The van der Waals surface area contributed by atoms with Crippen molar-refractivity contribution in [3.8, 4) is 0 Å². The number of hydrogen-bond donors (Lipinski definition) is 1. The minimum atomic E-state index is -0.580. The molecule has 0 aliphatic carbocycles. The smallest absolute Gasteiger partial charge is 0.269 e. The Morgan fingerprint density at radius 1 is 1.28 bits per heavy atom. The Morgan fingerprint density at radius 3 is 2.72 bits per heavy atom. The molecule has 0 fully saturated rings. The lowest BCUT2D eigenvalue weighted by Gasteiger charge is -2.10. The standard InChI is InChI=1S/C17H14N4O4/c1-10-8-12(21(24)25)5-6-14(10)19-16(22)13-9-11-4-3-7-18-15(11)20(2)17(13)23/h3-9H,1-2H3,(H,19,22). The Morgan fingerprint density at radius 2 is 2.04 bits per heavy atom. The Balaban J connectivity index is 1.99. The predicted octanol–water partition coefficient (Wildman–Crippen LogP) is 2.40. The van der Waals surface area contributed by atoms with E-state index >= 15 is 0 Å². The van der Waals surface area contributed by atoms with Crippen molar-refractivity contribution < 1.29 is 9.72 Å². The van der Waals surface area contributed by atoms with Crippen molar-refractivity contribution in [1.82, 2.24) is 9.55 Å². The zero-order valence-corrected chi connectivity index (χ0v) is 13.5. The van der Waals surface area contributed by atoms with Crippen molar-refractivity contribution in [3.05, 3.63) is 74.2 Å². The molecule has 0 unspecified atom stereocenters. The number of rotatable bonds is 3. The SMILES string of the molecule is Cc1cc([N+](=O)[O-])ccc1NC(=O)c1cc2cccnc2n(C)c1=O. The second kappa shape index (κ2) is 6.16. The maximum Gasteiger partial charge on any atom is 0.269 e. The van der Waals surface area contributed by atoms with Gasteiger partial charge in [0.1, 0.15) is 11.2 Å². The summed E-state index contributed by atoms with van der Waals surface area (Å²) in [6.07, 6.45) is 1.57. The maximum absolute atomic E-state index is 12.5. The van der Waals surface area contributed by atoms with Crippen molar-refractivity contribution in [2.45, 2.75) is 6.92 Å². The second-order valence-corrected chi connectivity index (χ2v) is 5.55. The molecule has 8 nitrogen and oxygen atoms in total. The zero-order chi connectivity index (χ0) is 18.1. The van der Waals surface area contributed by atoms with Crippen LogP contribution in [0.1, 0.15) is 15.9 Å². The van der Waals surface area contributed by atoms with Crippen LogP contribution in [0, 0.1) is 17.0 Å². The van der Waals surface area contributed by atoms with E-state index in [9.17, 15) is 19.7 Å². The Bertz CT molecular complexity index is 1070. The van der Waals surface area contributed by atoms with E-state index in [-0.39, 0.29) is 11.3 Å². The molecule has 126 valence electrons. The van der Waals surface area contributed by atoms with Crippen molar-refractivity contribution in [2.75, 3.05) is 5.32 Å². The molecule has 0 saturated heterocycles. The number of carbonyl (C=O) groups is 1. The minimum absolute atomic E-state index is 0.0271. The van der Waals surface area contributed by atoms with Gasteiger partial charge in [0, 0.05) is 36.5 Å². The van der Waals surface area contributed by atoms with Crippen LogP contribution in [-0.4, -0.2) is 20.4 Å². The number of carbonyl (C=O) groups excluding carboxylic acids is 1. The third kappa shape index (κ3) is 2.97. The summed E-state index contributed by atoms with van der Waals surface area (Å²) in [7, 11) is 1.55. The van der Waals surface area contributed by atoms with Crippen LogP contribution in [0.4, 0.5) is 11.4 Å². The van der Waals surface area contributed by atoms with E-state index in [0.717, 1.165) is 0 Å². The van der Waals surface area contributed by atoms with Gasteiger partial charge < -0.3 is 5.32 Å². The van der Waals surface area contributed by atoms with Gasteiger partial charge in [-0.2, -0.15) is 0 Å². The second-order valence-electron chi connectivity index (χ2n) is 5.55. The molecule has 0 atom stereocenters. The van der Waals surface area contributed by atoms with E-state index in [1.54, 1.807) is 32.3 Å². The number of non-ortho nitro benzene ring substituents is 1. The lowest BCUT2D eigenvalue weighted by molar-refractivity contribution is -0.384. The van der Waals surface area contributed by atoms with Gasteiger partial charge in [-0.15, -0.1) is 0 Å². The summed E-state index contributed by atoms with van der Waals surface area (Å²) < 4.78 is 1.31. The largest absolute Gasteiger partial charge is 0.322 e. The van der Waals surface area contributed by atoms with Crippen LogP contribution in [0.15, 0.2) is 47.4 Å². The first kappa shape index (κ1) is 16.3. The molecule has 0 bridgehead atoms. The third-order valence-electron chi connectivity index (χ3n) is 3.88. The van der Waals surface area contributed by atoms with E-state index in [0.29, 0.717) is 22.3 Å². The first-order chi connectivity index (χ1) is 11.9. The summed E-state index contributed by atoms with van der Waals surface area (Å²) >= 11 is 0. The average Bonchev–Trinajstić information content (AvgIpc) is 2.59. The van der Waals surface area contributed by atoms with Gasteiger partial charge in [-0.1, -0.05) is 0 Å². The van der Waals surface area contributed by atoms with E-state index in [1.807, 2.05) is 0 Å². The van der Waals surface area contributed by atoms with Gasteiger partial charge in [0.15, 0.2) is 0 Å². The summed E-state index contributed by atoms with van der Waals surface area (Å²) in [6, 6.07) is 9.06. The first-order valence-electron chi connectivity index (χ1n) is 7.39. The van der Waals surface area contributed by atoms with Crippen LogP contribution in [0.25, 0.3) is 11.0 Å². The maximum atomic E-state index is 12.5. The molecule has 1 aromatic carbocycles. The number of aryl methyl sites for hydroxylation is 2. The molecule has 0 aliphatic heterocycles. The number of pyridine rings is 2. The van der Waals surface area contributed by atoms with Gasteiger partial charge in [-0.25, -0.2) is 4.98 Å². The molecule has 8 heteroatoms. The highest BCUT2D eigenvalue weighted by atomic mass is 16.6. The molecule has 1 amide bonds. The number of nitrogens with one attached hydrogen (secondary N) is 1. The van der Waals surface area contributed by atoms with E-state index in [2.05, 4.69) is 10.3 Å². The van der Waals surface area contributed by atoms with Gasteiger partial charge in [0.25, 0.3) is 17.2 Å². The number of aromatic nitrogens is 2. The highest BCUT2D eigenvalue weighted by molar-refractivity contribution is 6.06. The number of amides is 1.